The Bertz CT molecular complexity index is 578. The second-order valence-electron chi connectivity index (χ2n) is 8.15. The Labute approximate surface area is 144 Å². The molecule has 6 heteroatoms. The summed E-state index contributed by atoms with van der Waals surface area (Å²) in [5.41, 5.74) is 2.15. The van der Waals surface area contributed by atoms with E-state index in [2.05, 4.69) is 22.4 Å². The minimum absolute atomic E-state index is 0.181. The maximum Gasteiger partial charge on any atom is 0.410 e. The molecule has 0 bridgehead atoms. The molecule has 1 saturated heterocycles. The average molecular weight is 334 g/mol. The van der Waals surface area contributed by atoms with Crippen molar-refractivity contribution >= 4 is 6.09 Å². The second-order valence-corrected chi connectivity index (χ2v) is 8.15. The Morgan fingerprint density at radius 1 is 1.46 bits per heavy atom. The number of aryl methyl sites for hydroxylation is 1. The van der Waals surface area contributed by atoms with Gasteiger partial charge in [0, 0.05) is 24.3 Å². The summed E-state index contributed by atoms with van der Waals surface area (Å²) in [6.45, 7) is 8.74. The predicted octanol–water partition coefficient (Wildman–Crippen LogP) is 2.64. The van der Waals surface area contributed by atoms with Gasteiger partial charge in [-0.05, 0) is 65.4 Å². The number of nitrogens with one attached hydrogen (secondary N) is 2. The number of ether oxygens (including phenoxy) is 1. The highest BCUT2D eigenvalue weighted by molar-refractivity contribution is 5.69. The largest absolute Gasteiger partial charge is 0.444 e. The Morgan fingerprint density at radius 2 is 2.25 bits per heavy atom. The van der Waals surface area contributed by atoms with Crippen LogP contribution < -0.4 is 5.32 Å². The van der Waals surface area contributed by atoms with Crippen LogP contribution in [0.4, 0.5) is 4.79 Å². The van der Waals surface area contributed by atoms with Gasteiger partial charge in [-0.25, -0.2) is 4.79 Å². The van der Waals surface area contributed by atoms with E-state index in [0.29, 0.717) is 6.04 Å². The quantitative estimate of drug-likeness (QED) is 0.891. The summed E-state index contributed by atoms with van der Waals surface area (Å²) >= 11 is 0. The summed E-state index contributed by atoms with van der Waals surface area (Å²) in [6.07, 6.45) is 7.01. The van der Waals surface area contributed by atoms with Gasteiger partial charge in [-0.1, -0.05) is 0 Å². The van der Waals surface area contributed by atoms with E-state index in [1.807, 2.05) is 31.9 Å². The van der Waals surface area contributed by atoms with E-state index in [1.54, 1.807) is 0 Å². The van der Waals surface area contributed by atoms with E-state index in [1.165, 1.54) is 11.3 Å². The van der Waals surface area contributed by atoms with E-state index >= 15 is 0 Å². The van der Waals surface area contributed by atoms with Gasteiger partial charge in [-0.3, -0.25) is 5.10 Å². The summed E-state index contributed by atoms with van der Waals surface area (Å²) in [6, 6.07) is 0.926. The fourth-order valence-corrected chi connectivity index (χ4v) is 3.90. The van der Waals surface area contributed by atoms with E-state index < -0.39 is 5.60 Å². The summed E-state index contributed by atoms with van der Waals surface area (Å²) in [5.74, 6) is 0. The van der Waals surface area contributed by atoms with Gasteiger partial charge in [-0.2, -0.15) is 5.10 Å². The smallest absolute Gasteiger partial charge is 0.410 e. The molecule has 3 unspecified atom stereocenters. The number of hydrogen-bond donors (Lipinski definition) is 2. The lowest BCUT2D eigenvalue weighted by molar-refractivity contribution is 0.0196. The monoisotopic (exact) mass is 334 g/mol. The van der Waals surface area contributed by atoms with Crippen LogP contribution in [0.5, 0.6) is 0 Å². The van der Waals surface area contributed by atoms with E-state index in [9.17, 15) is 4.79 Å². The van der Waals surface area contributed by atoms with Crippen LogP contribution in [-0.4, -0.2) is 51.5 Å². The molecule has 1 aliphatic heterocycles. The van der Waals surface area contributed by atoms with E-state index in [0.717, 1.165) is 38.6 Å². The highest BCUT2D eigenvalue weighted by Gasteiger charge is 2.36. The normalized spacial score (nSPS) is 25.4. The molecule has 3 atom stereocenters. The van der Waals surface area contributed by atoms with Gasteiger partial charge < -0.3 is 15.0 Å². The molecule has 0 radical (unpaired) electrons. The Hall–Kier alpha value is -1.56. The number of nitrogens with zero attached hydrogens (tertiary/aromatic N) is 2. The van der Waals surface area contributed by atoms with Crippen LogP contribution in [0.2, 0.25) is 0 Å². The minimum Gasteiger partial charge on any atom is -0.444 e. The van der Waals surface area contributed by atoms with Gasteiger partial charge >= 0.3 is 6.09 Å². The van der Waals surface area contributed by atoms with Gasteiger partial charge in [-0.15, -0.1) is 0 Å². The molecule has 1 aromatic rings. The van der Waals surface area contributed by atoms with Crippen LogP contribution in [0.3, 0.4) is 0 Å². The molecule has 6 nitrogen and oxygen atoms in total. The van der Waals surface area contributed by atoms with Crippen LogP contribution >= 0.6 is 0 Å². The zero-order valence-corrected chi connectivity index (χ0v) is 15.3. The molecule has 2 aliphatic rings. The minimum atomic E-state index is -0.443. The number of likely N-dealkylation sites (tertiary alicyclic amines) is 1. The number of fused-ring (bicyclic) bond motifs is 1. The molecule has 24 heavy (non-hydrogen) atoms. The van der Waals surface area contributed by atoms with Gasteiger partial charge in [0.2, 0.25) is 0 Å². The van der Waals surface area contributed by atoms with Crippen molar-refractivity contribution in [3.05, 3.63) is 17.5 Å². The molecule has 2 heterocycles. The fraction of sp³-hybridized carbons (Fsp3) is 0.778. The summed E-state index contributed by atoms with van der Waals surface area (Å²) in [5, 5.41) is 11.0. The summed E-state index contributed by atoms with van der Waals surface area (Å²) in [7, 11) is 0. The molecule has 0 spiro atoms. The maximum absolute atomic E-state index is 12.5. The van der Waals surface area contributed by atoms with E-state index in [-0.39, 0.29) is 18.2 Å². The zero-order valence-electron chi connectivity index (χ0n) is 15.3. The summed E-state index contributed by atoms with van der Waals surface area (Å²) in [4.78, 5) is 14.4. The summed E-state index contributed by atoms with van der Waals surface area (Å²) < 4.78 is 5.57. The Morgan fingerprint density at radius 3 is 3.00 bits per heavy atom. The van der Waals surface area contributed by atoms with Crippen molar-refractivity contribution in [3.63, 3.8) is 0 Å². The number of hydrogen-bond acceptors (Lipinski definition) is 4. The molecule has 1 aromatic heterocycles. The molecule has 1 fully saturated rings. The number of aromatic amines is 1. The van der Waals surface area contributed by atoms with Crippen LogP contribution in [0, 0.1) is 0 Å². The van der Waals surface area contributed by atoms with Gasteiger partial charge in [0.1, 0.15) is 5.60 Å². The molecule has 1 aliphatic carbocycles. The van der Waals surface area contributed by atoms with Crippen molar-refractivity contribution in [2.75, 3.05) is 6.54 Å². The lowest BCUT2D eigenvalue weighted by atomic mass is 9.92. The Kier molecular flexibility index (Phi) is 4.85. The van der Waals surface area contributed by atoms with Gasteiger partial charge in [0.15, 0.2) is 0 Å². The molecule has 134 valence electrons. The molecular formula is C18H30N4O2. The number of carbonyl (C=O) groups excluding carboxylic acids is 1. The molecule has 2 N–H and O–H groups in total. The molecular weight excluding hydrogens is 304 g/mol. The average Bonchev–Trinajstić information content (AvgIpc) is 3.14. The lowest BCUT2D eigenvalue weighted by Crippen LogP contribution is -2.52. The van der Waals surface area contributed by atoms with Crippen LogP contribution in [0.15, 0.2) is 6.20 Å². The van der Waals surface area contributed by atoms with Crippen LogP contribution in [0.25, 0.3) is 0 Å². The van der Waals surface area contributed by atoms with Crippen molar-refractivity contribution < 1.29 is 9.53 Å². The first-order valence-electron chi connectivity index (χ1n) is 9.10. The van der Waals surface area contributed by atoms with Gasteiger partial charge in [0.25, 0.3) is 0 Å². The molecule has 0 saturated carbocycles. The maximum atomic E-state index is 12.5. The SMILES string of the molecule is CC(NC1CCc2[nH]ncc2C1)C1CCCN1C(=O)OC(C)(C)C. The number of amides is 1. The third-order valence-corrected chi connectivity index (χ3v) is 5.02. The van der Waals surface area contributed by atoms with Crippen LogP contribution in [0.1, 0.15) is 58.2 Å². The topological polar surface area (TPSA) is 70.2 Å². The van der Waals surface area contributed by atoms with Crippen molar-refractivity contribution in [3.8, 4) is 0 Å². The van der Waals surface area contributed by atoms with E-state index in [4.69, 9.17) is 4.74 Å². The first kappa shape index (κ1) is 17.3. The number of rotatable bonds is 3. The third-order valence-electron chi connectivity index (χ3n) is 5.02. The highest BCUT2D eigenvalue weighted by atomic mass is 16.6. The van der Waals surface area contributed by atoms with Crippen molar-refractivity contribution in [2.45, 2.75) is 83.5 Å². The zero-order chi connectivity index (χ0) is 17.3. The third kappa shape index (κ3) is 3.91. The number of carbonyl (C=O) groups is 1. The Balaban J connectivity index is 1.58. The number of aromatic nitrogens is 2. The highest BCUT2D eigenvalue weighted by Crippen LogP contribution is 2.25. The van der Waals surface area contributed by atoms with Crippen molar-refractivity contribution in [2.24, 2.45) is 0 Å². The fourth-order valence-electron chi connectivity index (χ4n) is 3.90. The predicted molar refractivity (Wildman–Crippen MR) is 93.0 cm³/mol. The molecule has 1 amide bonds. The number of H-pyrrole nitrogens is 1. The standard InChI is InChI=1S/C18H30N4O2/c1-12(20-14-7-8-15-13(10-14)11-19-21-15)16-6-5-9-22(16)17(23)24-18(2,3)4/h11-12,14,16,20H,5-10H2,1-4H3,(H,19,21). The van der Waals surface area contributed by atoms with Crippen molar-refractivity contribution in [1.29, 1.82) is 0 Å². The van der Waals surface area contributed by atoms with Crippen LogP contribution in [-0.2, 0) is 17.6 Å². The molecule has 0 aromatic carbocycles. The molecule has 3 rings (SSSR count). The lowest BCUT2D eigenvalue weighted by Gasteiger charge is -2.34. The van der Waals surface area contributed by atoms with Crippen molar-refractivity contribution in [1.82, 2.24) is 20.4 Å². The second kappa shape index (κ2) is 6.75. The van der Waals surface area contributed by atoms with Gasteiger partial charge in [0.05, 0.1) is 12.2 Å². The first-order valence-corrected chi connectivity index (χ1v) is 9.10. The first-order chi connectivity index (χ1) is 11.3.